The van der Waals surface area contributed by atoms with Crippen LogP contribution in [0.1, 0.15) is 18.5 Å². The minimum absolute atomic E-state index is 0.0424. The zero-order valence-corrected chi connectivity index (χ0v) is 12.7. The highest BCUT2D eigenvalue weighted by molar-refractivity contribution is 7.84. The molecule has 0 amide bonds. The molecule has 2 unspecified atom stereocenters. The fourth-order valence-electron chi connectivity index (χ4n) is 1.40. The molecule has 0 saturated carbocycles. The molecule has 1 N–H and O–H groups in total. The van der Waals surface area contributed by atoms with Gasteiger partial charge in [0, 0.05) is 35.4 Å². The van der Waals surface area contributed by atoms with E-state index in [-0.39, 0.29) is 6.04 Å². The van der Waals surface area contributed by atoms with Gasteiger partial charge in [0.15, 0.2) is 0 Å². The fourth-order valence-corrected chi connectivity index (χ4v) is 2.52. The highest BCUT2D eigenvalue weighted by atomic mass is 35.5. The number of hydrogen-bond donors (Lipinski definition) is 1. The van der Waals surface area contributed by atoms with Crippen LogP contribution in [0, 0.1) is 0 Å². The van der Waals surface area contributed by atoms with E-state index in [9.17, 15) is 4.21 Å². The van der Waals surface area contributed by atoms with Gasteiger partial charge in [0.05, 0.1) is 15.1 Å². The average molecular weight is 315 g/mol. The lowest BCUT2D eigenvalue weighted by atomic mass is 10.1. The van der Waals surface area contributed by atoms with Crippen LogP contribution in [0.25, 0.3) is 0 Å². The number of benzene rings is 1. The molecule has 1 aromatic rings. The molecular weight excluding hydrogens is 301 g/mol. The van der Waals surface area contributed by atoms with Crippen LogP contribution in [-0.4, -0.2) is 22.8 Å². The molecule has 0 aliphatic heterocycles. The van der Waals surface area contributed by atoms with Gasteiger partial charge in [0.1, 0.15) is 0 Å². The summed E-state index contributed by atoms with van der Waals surface area (Å²) in [5, 5.41) is 4.53. The number of halogens is 3. The minimum atomic E-state index is -0.794. The summed E-state index contributed by atoms with van der Waals surface area (Å²) in [6.45, 7) is 2.64. The molecule has 17 heavy (non-hydrogen) atoms. The normalized spacial score (nSPS) is 14.6. The average Bonchev–Trinajstić information content (AvgIpc) is 2.25. The van der Waals surface area contributed by atoms with Crippen LogP contribution < -0.4 is 5.32 Å². The standard InChI is InChI=1S/C11H14Cl3NOS/c1-7(15-5-6-17(2)16)8-3-4-9(12)11(14)10(8)13/h3-4,7,15H,5-6H2,1-2H3. The van der Waals surface area contributed by atoms with Crippen molar-refractivity contribution < 1.29 is 4.21 Å². The van der Waals surface area contributed by atoms with Gasteiger partial charge in [-0.05, 0) is 18.6 Å². The van der Waals surface area contributed by atoms with Crippen molar-refractivity contribution in [3.8, 4) is 0 Å². The van der Waals surface area contributed by atoms with E-state index in [2.05, 4.69) is 5.32 Å². The van der Waals surface area contributed by atoms with Gasteiger partial charge in [-0.1, -0.05) is 40.9 Å². The molecule has 0 aliphatic carbocycles. The first-order chi connectivity index (χ1) is 7.93. The second kappa shape index (κ2) is 6.95. The van der Waals surface area contributed by atoms with E-state index in [1.165, 1.54) is 0 Å². The second-order valence-electron chi connectivity index (χ2n) is 3.72. The molecule has 0 bridgehead atoms. The molecule has 0 radical (unpaired) electrons. The molecule has 1 rings (SSSR count). The lowest BCUT2D eigenvalue weighted by molar-refractivity contribution is 0.597. The molecule has 0 aromatic heterocycles. The Kier molecular flexibility index (Phi) is 6.24. The first-order valence-corrected chi connectivity index (χ1v) is 7.96. The van der Waals surface area contributed by atoms with Gasteiger partial charge >= 0.3 is 0 Å². The lowest BCUT2D eigenvalue weighted by Gasteiger charge is -2.16. The SMILES string of the molecule is CC(NCCS(C)=O)c1ccc(Cl)c(Cl)c1Cl. The van der Waals surface area contributed by atoms with Gasteiger partial charge in [0.2, 0.25) is 0 Å². The maximum absolute atomic E-state index is 10.9. The summed E-state index contributed by atoms with van der Waals surface area (Å²) in [7, 11) is -0.794. The molecule has 0 saturated heterocycles. The predicted octanol–water partition coefficient (Wildman–Crippen LogP) is 3.68. The summed E-state index contributed by atoms with van der Waals surface area (Å²) in [4.78, 5) is 0. The third-order valence-electron chi connectivity index (χ3n) is 2.37. The van der Waals surface area contributed by atoms with Gasteiger partial charge in [0.25, 0.3) is 0 Å². The Labute approximate surface area is 119 Å². The molecular formula is C11H14Cl3NOS. The number of hydrogen-bond acceptors (Lipinski definition) is 2. The van der Waals surface area contributed by atoms with Crippen molar-refractivity contribution >= 4 is 45.6 Å². The summed E-state index contributed by atoms with van der Waals surface area (Å²) in [6.07, 6.45) is 1.68. The van der Waals surface area contributed by atoms with Gasteiger partial charge in [-0.15, -0.1) is 0 Å². The van der Waals surface area contributed by atoms with Crippen molar-refractivity contribution in [3.63, 3.8) is 0 Å². The van der Waals surface area contributed by atoms with Crippen molar-refractivity contribution in [1.29, 1.82) is 0 Å². The van der Waals surface area contributed by atoms with Crippen molar-refractivity contribution in [2.45, 2.75) is 13.0 Å². The highest BCUT2D eigenvalue weighted by Gasteiger charge is 2.13. The van der Waals surface area contributed by atoms with Gasteiger partial charge in [-0.2, -0.15) is 0 Å². The zero-order valence-electron chi connectivity index (χ0n) is 9.60. The summed E-state index contributed by atoms with van der Waals surface area (Å²) in [5.74, 6) is 0.614. The summed E-state index contributed by atoms with van der Waals surface area (Å²) in [5.41, 5.74) is 0.892. The Morgan fingerprint density at radius 3 is 2.53 bits per heavy atom. The van der Waals surface area contributed by atoms with E-state index in [1.807, 2.05) is 13.0 Å². The maximum atomic E-state index is 10.9. The maximum Gasteiger partial charge on any atom is 0.0781 e. The Hall–Kier alpha value is 0.200. The van der Waals surface area contributed by atoms with Crippen molar-refractivity contribution in [2.24, 2.45) is 0 Å². The molecule has 2 nitrogen and oxygen atoms in total. The Balaban J connectivity index is 2.72. The van der Waals surface area contributed by atoms with E-state index in [1.54, 1.807) is 12.3 Å². The minimum Gasteiger partial charge on any atom is -0.309 e. The van der Waals surface area contributed by atoms with Crippen molar-refractivity contribution in [1.82, 2.24) is 5.32 Å². The van der Waals surface area contributed by atoms with Crippen LogP contribution in [0.15, 0.2) is 12.1 Å². The Morgan fingerprint density at radius 1 is 1.29 bits per heavy atom. The molecule has 1 aromatic carbocycles. The summed E-state index contributed by atoms with van der Waals surface area (Å²) < 4.78 is 10.9. The van der Waals surface area contributed by atoms with Crippen LogP contribution in [0.4, 0.5) is 0 Å². The molecule has 96 valence electrons. The van der Waals surface area contributed by atoms with Crippen LogP contribution in [0.3, 0.4) is 0 Å². The van der Waals surface area contributed by atoms with Crippen molar-refractivity contribution in [2.75, 3.05) is 18.6 Å². The molecule has 0 aliphatic rings. The van der Waals surface area contributed by atoms with Crippen molar-refractivity contribution in [3.05, 3.63) is 32.8 Å². The number of rotatable bonds is 5. The van der Waals surface area contributed by atoms with E-state index in [0.29, 0.717) is 27.4 Å². The molecule has 2 atom stereocenters. The Morgan fingerprint density at radius 2 is 1.94 bits per heavy atom. The topological polar surface area (TPSA) is 29.1 Å². The van der Waals surface area contributed by atoms with E-state index in [0.717, 1.165) is 5.56 Å². The molecule has 0 fully saturated rings. The largest absolute Gasteiger partial charge is 0.309 e. The van der Waals surface area contributed by atoms with Crippen LogP contribution in [0.5, 0.6) is 0 Å². The van der Waals surface area contributed by atoms with Crippen LogP contribution >= 0.6 is 34.8 Å². The third-order valence-corrected chi connectivity index (χ3v) is 4.46. The summed E-state index contributed by atoms with van der Waals surface area (Å²) in [6, 6.07) is 3.61. The Bertz CT molecular complexity index is 425. The van der Waals surface area contributed by atoms with Gasteiger partial charge in [-0.25, -0.2) is 0 Å². The van der Waals surface area contributed by atoms with Crippen LogP contribution in [-0.2, 0) is 10.8 Å². The van der Waals surface area contributed by atoms with E-state index < -0.39 is 10.8 Å². The van der Waals surface area contributed by atoms with Crippen LogP contribution in [0.2, 0.25) is 15.1 Å². The first kappa shape index (κ1) is 15.3. The first-order valence-electron chi connectivity index (χ1n) is 5.10. The lowest BCUT2D eigenvalue weighted by Crippen LogP contribution is -2.23. The molecule has 0 spiro atoms. The quantitative estimate of drug-likeness (QED) is 0.840. The smallest absolute Gasteiger partial charge is 0.0781 e. The molecule has 6 heteroatoms. The molecule has 0 heterocycles. The second-order valence-corrected chi connectivity index (χ2v) is 6.44. The van der Waals surface area contributed by atoms with Gasteiger partial charge in [-0.3, -0.25) is 4.21 Å². The third kappa shape index (κ3) is 4.42. The predicted molar refractivity (Wildman–Crippen MR) is 76.8 cm³/mol. The van der Waals surface area contributed by atoms with E-state index >= 15 is 0 Å². The zero-order chi connectivity index (χ0) is 13.0. The number of nitrogens with one attached hydrogen (secondary N) is 1. The summed E-state index contributed by atoms with van der Waals surface area (Å²) >= 11 is 17.9. The van der Waals surface area contributed by atoms with E-state index in [4.69, 9.17) is 34.8 Å². The van der Waals surface area contributed by atoms with Gasteiger partial charge < -0.3 is 5.32 Å². The highest BCUT2D eigenvalue weighted by Crippen LogP contribution is 2.35. The fraction of sp³-hybridized carbons (Fsp3) is 0.455. The monoisotopic (exact) mass is 313 g/mol.